The molecule has 1 saturated carbocycles. The molecule has 0 unspecified atom stereocenters. The van der Waals surface area contributed by atoms with Crippen LogP contribution in [0.15, 0.2) is 18.3 Å². The molecule has 0 aliphatic heterocycles. The molecule has 1 aliphatic rings. The highest BCUT2D eigenvalue weighted by Gasteiger charge is 2.35. The molecule has 0 bridgehead atoms. The third kappa shape index (κ3) is 1.39. The summed E-state index contributed by atoms with van der Waals surface area (Å²) in [5.41, 5.74) is 1.88. The summed E-state index contributed by atoms with van der Waals surface area (Å²) in [4.78, 5) is 4.27. The molecule has 0 atom stereocenters. The van der Waals surface area contributed by atoms with Gasteiger partial charge in [-0.15, -0.1) is 0 Å². The Labute approximate surface area is 84.6 Å². The fourth-order valence-corrected chi connectivity index (χ4v) is 2.19. The Kier molecular flexibility index (Phi) is 2.25. The third-order valence-corrected chi connectivity index (χ3v) is 3.14. The molecular weight excluding hydrogens is 172 g/mol. The highest BCUT2D eigenvalue weighted by molar-refractivity contribution is 5.32. The second kappa shape index (κ2) is 3.42. The van der Waals surface area contributed by atoms with E-state index in [0.29, 0.717) is 0 Å². The number of rotatable bonds is 1. The van der Waals surface area contributed by atoms with Crippen LogP contribution in [-0.4, -0.2) is 4.98 Å². The zero-order valence-corrected chi connectivity index (χ0v) is 8.45. The van der Waals surface area contributed by atoms with E-state index in [-0.39, 0.29) is 5.41 Å². The maximum absolute atomic E-state index is 9.26. The summed E-state index contributed by atoms with van der Waals surface area (Å²) in [7, 11) is 0. The van der Waals surface area contributed by atoms with E-state index in [0.717, 1.165) is 24.1 Å². The predicted octanol–water partition coefficient (Wildman–Crippen LogP) is 2.73. The van der Waals surface area contributed by atoms with Crippen molar-refractivity contribution < 1.29 is 0 Å². The summed E-state index contributed by atoms with van der Waals surface area (Å²) in [6.45, 7) is 1.97. The highest BCUT2D eigenvalue weighted by atomic mass is 14.7. The predicted molar refractivity (Wildman–Crippen MR) is 54.7 cm³/mol. The van der Waals surface area contributed by atoms with Gasteiger partial charge in [-0.05, 0) is 31.4 Å². The SMILES string of the molecule is Cc1ccc(C2(C#N)CCCC2)cn1. The molecule has 72 valence electrons. The Hall–Kier alpha value is -1.36. The lowest BCUT2D eigenvalue weighted by Crippen LogP contribution is -2.19. The molecule has 0 amide bonds. The highest BCUT2D eigenvalue weighted by Crippen LogP contribution is 2.40. The van der Waals surface area contributed by atoms with Crippen LogP contribution in [0.25, 0.3) is 0 Å². The zero-order valence-electron chi connectivity index (χ0n) is 8.45. The lowest BCUT2D eigenvalue weighted by atomic mass is 9.81. The van der Waals surface area contributed by atoms with Gasteiger partial charge in [0.1, 0.15) is 0 Å². The number of pyridine rings is 1. The van der Waals surface area contributed by atoms with Gasteiger partial charge in [-0.25, -0.2) is 0 Å². The van der Waals surface area contributed by atoms with Gasteiger partial charge in [0, 0.05) is 11.9 Å². The molecule has 0 spiro atoms. The molecule has 0 aromatic carbocycles. The van der Waals surface area contributed by atoms with Crippen LogP contribution in [0.3, 0.4) is 0 Å². The normalized spacial score (nSPS) is 19.1. The number of hydrogen-bond donors (Lipinski definition) is 0. The van der Waals surface area contributed by atoms with Crippen molar-refractivity contribution in [1.29, 1.82) is 5.26 Å². The van der Waals surface area contributed by atoms with E-state index in [2.05, 4.69) is 17.1 Å². The van der Waals surface area contributed by atoms with E-state index in [9.17, 15) is 5.26 Å². The number of aromatic nitrogens is 1. The first kappa shape index (κ1) is 9.21. The minimum atomic E-state index is -0.235. The number of aryl methyl sites for hydroxylation is 1. The van der Waals surface area contributed by atoms with E-state index in [1.54, 1.807) is 0 Å². The smallest absolute Gasteiger partial charge is 0.0837 e. The van der Waals surface area contributed by atoms with Gasteiger partial charge in [-0.2, -0.15) is 5.26 Å². The molecular formula is C12H14N2. The molecule has 1 aromatic rings. The minimum Gasteiger partial charge on any atom is -0.261 e. The molecule has 2 nitrogen and oxygen atoms in total. The molecule has 0 saturated heterocycles. The maximum atomic E-state index is 9.26. The average molecular weight is 186 g/mol. The number of hydrogen-bond acceptors (Lipinski definition) is 2. The van der Waals surface area contributed by atoms with Gasteiger partial charge in [0.05, 0.1) is 11.5 Å². The van der Waals surface area contributed by atoms with Gasteiger partial charge in [0.2, 0.25) is 0 Å². The van der Waals surface area contributed by atoms with E-state index in [4.69, 9.17) is 0 Å². The van der Waals surface area contributed by atoms with Crippen molar-refractivity contribution in [1.82, 2.24) is 4.98 Å². The Morgan fingerprint density at radius 1 is 1.36 bits per heavy atom. The average Bonchev–Trinajstić information content (AvgIpc) is 2.68. The first-order valence-electron chi connectivity index (χ1n) is 5.11. The fraction of sp³-hybridized carbons (Fsp3) is 0.500. The van der Waals surface area contributed by atoms with Gasteiger partial charge < -0.3 is 0 Å². The Bertz CT molecular complexity index is 353. The Balaban J connectivity index is 2.37. The van der Waals surface area contributed by atoms with E-state index in [1.807, 2.05) is 19.2 Å². The molecule has 14 heavy (non-hydrogen) atoms. The molecule has 0 N–H and O–H groups in total. The molecule has 1 heterocycles. The number of nitriles is 1. The van der Waals surface area contributed by atoms with Crippen molar-refractivity contribution in [3.63, 3.8) is 0 Å². The second-order valence-electron chi connectivity index (χ2n) is 4.09. The van der Waals surface area contributed by atoms with Crippen LogP contribution in [0.4, 0.5) is 0 Å². The first-order valence-corrected chi connectivity index (χ1v) is 5.11. The summed E-state index contributed by atoms with van der Waals surface area (Å²) in [5.74, 6) is 0. The fourth-order valence-electron chi connectivity index (χ4n) is 2.19. The van der Waals surface area contributed by atoms with Crippen LogP contribution in [0.2, 0.25) is 0 Å². The van der Waals surface area contributed by atoms with Crippen LogP contribution in [0.5, 0.6) is 0 Å². The first-order chi connectivity index (χ1) is 6.77. The van der Waals surface area contributed by atoms with Crippen molar-refractivity contribution in [2.24, 2.45) is 0 Å². The van der Waals surface area contributed by atoms with Crippen LogP contribution in [0, 0.1) is 18.3 Å². The van der Waals surface area contributed by atoms with E-state index < -0.39 is 0 Å². The van der Waals surface area contributed by atoms with Crippen LogP contribution >= 0.6 is 0 Å². The zero-order chi connectivity index (χ0) is 10.0. The van der Waals surface area contributed by atoms with Crippen LogP contribution < -0.4 is 0 Å². The lowest BCUT2D eigenvalue weighted by molar-refractivity contribution is 0.570. The van der Waals surface area contributed by atoms with E-state index in [1.165, 1.54) is 12.8 Å². The topological polar surface area (TPSA) is 36.7 Å². The quantitative estimate of drug-likeness (QED) is 0.676. The molecule has 1 aromatic heterocycles. The molecule has 2 rings (SSSR count). The van der Waals surface area contributed by atoms with Crippen molar-refractivity contribution >= 4 is 0 Å². The lowest BCUT2D eigenvalue weighted by Gasteiger charge is -2.19. The Morgan fingerprint density at radius 3 is 2.57 bits per heavy atom. The van der Waals surface area contributed by atoms with Gasteiger partial charge >= 0.3 is 0 Å². The minimum absolute atomic E-state index is 0.235. The standard InChI is InChI=1S/C12H14N2/c1-10-4-5-11(8-14-10)12(9-13)6-2-3-7-12/h4-5,8H,2-3,6-7H2,1H3. The van der Waals surface area contributed by atoms with Crippen molar-refractivity contribution in [2.45, 2.75) is 38.0 Å². The summed E-state index contributed by atoms with van der Waals surface area (Å²) >= 11 is 0. The van der Waals surface area contributed by atoms with Gasteiger partial charge in [0.25, 0.3) is 0 Å². The third-order valence-electron chi connectivity index (χ3n) is 3.14. The summed E-state index contributed by atoms with van der Waals surface area (Å²) in [6.07, 6.45) is 6.19. The van der Waals surface area contributed by atoms with Crippen LogP contribution in [0.1, 0.15) is 36.9 Å². The van der Waals surface area contributed by atoms with E-state index >= 15 is 0 Å². The number of nitrogens with zero attached hydrogens (tertiary/aromatic N) is 2. The van der Waals surface area contributed by atoms with Gasteiger partial charge in [-0.1, -0.05) is 18.9 Å². The summed E-state index contributed by atoms with van der Waals surface area (Å²) < 4.78 is 0. The second-order valence-corrected chi connectivity index (χ2v) is 4.09. The van der Waals surface area contributed by atoms with Gasteiger partial charge in [0.15, 0.2) is 0 Å². The molecule has 2 heteroatoms. The summed E-state index contributed by atoms with van der Waals surface area (Å²) in [6, 6.07) is 6.52. The van der Waals surface area contributed by atoms with Gasteiger partial charge in [-0.3, -0.25) is 4.98 Å². The molecule has 1 fully saturated rings. The Morgan fingerprint density at radius 2 is 2.07 bits per heavy atom. The van der Waals surface area contributed by atoms with Crippen LogP contribution in [-0.2, 0) is 5.41 Å². The van der Waals surface area contributed by atoms with Crippen molar-refractivity contribution in [2.75, 3.05) is 0 Å². The van der Waals surface area contributed by atoms with Crippen molar-refractivity contribution in [3.05, 3.63) is 29.6 Å². The molecule has 1 aliphatic carbocycles. The summed E-state index contributed by atoms with van der Waals surface area (Å²) in [5, 5.41) is 9.26. The molecule has 0 radical (unpaired) electrons. The largest absolute Gasteiger partial charge is 0.261 e. The van der Waals surface area contributed by atoms with Crippen molar-refractivity contribution in [3.8, 4) is 6.07 Å². The maximum Gasteiger partial charge on any atom is 0.0837 e. The monoisotopic (exact) mass is 186 g/mol.